The van der Waals surface area contributed by atoms with Crippen LogP contribution in [0.25, 0.3) is 0 Å². The first-order chi connectivity index (χ1) is 36.1. The van der Waals surface area contributed by atoms with Crippen molar-refractivity contribution in [3.63, 3.8) is 0 Å². The van der Waals surface area contributed by atoms with Crippen molar-refractivity contribution in [1.29, 1.82) is 0 Å². The van der Waals surface area contributed by atoms with Crippen molar-refractivity contribution in [3.05, 3.63) is 59.7 Å². The van der Waals surface area contributed by atoms with Gasteiger partial charge in [0.15, 0.2) is 0 Å². The predicted octanol–water partition coefficient (Wildman–Crippen LogP) is 21.4. The third-order valence-electron chi connectivity index (χ3n) is 15.6. The summed E-state index contributed by atoms with van der Waals surface area (Å²) < 4.78 is 68.0. The quantitative estimate of drug-likeness (QED) is 0.0370. The van der Waals surface area contributed by atoms with Gasteiger partial charge in [-0.25, -0.2) is 16.8 Å². The van der Waals surface area contributed by atoms with Gasteiger partial charge in [-0.3, -0.25) is 0 Å². The van der Waals surface area contributed by atoms with Crippen LogP contribution in [-0.2, 0) is 33.1 Å². The second kappa shape index (κ2) is 55.4. The van der Waals surface area contributed by atoms with Crippen LogP contribution in [0.5, 0.6) is 0 Å². The van der Waals surface area contributed by atoms with Crippen LogP contribution in [0.3, 0.4) is 0 Å². The molecule has 0 bridgehead atoms. The van der Waals surface area contributed by atoms with E-state index in [1.807, 2.05) is 12.1 Å². The van der Waals surface area contributed by atoms with E-state index in [0.29, 0.717) is 24.0 Å². The van der Waals surface area contributed by atoms with Gasteiger partial charge in [0.05, 0.1) is 9.79 Å². The molecule has 0 saturated carbocycles. The van der Waals surface area contributed by atoms with Crippen LogP contribution < -0.4 is 0 Å². The Bertz CT molecular complexity index is 1590. The summed E-state index contributed by atoms with van der Waals surface area (Å²) in [5.74, 6) is 0. The molecule has 0 N–H and O–H groups in total. The Morgan fingerprint density at radius 2 is 0.400 bits per heavy atom. The van der Waals surface area contributed by atoms with Gasteiger partial charge in [-0.05, 0) is 48.9 Å². The van der Waals surface area contributed by atoms with E-state index < -0.39 is 20.2 Å². The van der Waals surface area contributed by atoms with E-state index in [-0.39, 0.29) is 47.5 Å². The number of unbranched alkanes of at least 4 members (excludes halogenated alkanes) is 48. The average Bonchev–Trinajstić information content (AvgIpc) is 3.38. The first kappa shape index (κ1) is 74.5. The fourth-order valence-corrected chi connectivity index (χ4v) is 12.3. The maximum atomic E-state index is 11.3. The topological polar surface area (TPSA) is 114 Å². The van der Waals surface area contributed by atoms with Gasteiger partial charge in [0, 0.05) is 0 Å². The van der Waals surface area contributed by atoms with Gasteiger partial charge < -0.3 is 9.11 Å². The van der Waals surface area contributed by atoms with Crippen LogP contribution >= 0.6 is 0 Å². The summed E-state index contributed by atoms with van der Waals surface area (Å²) in [6.07, 6.45) is 70.1. The minimum atomic E-state index is -4.36. The molecule has 0 fully saturated rings. The van der Waals surface area contributed by atoms with E-state index in [1.165, 1.54) is 307 Å². The standard InChI is InChI=1S/2C33H60O3S.Ca/c2*1-2-3-4-5-6-7-8-9-10-11-12-13-14-15-16-17-18-19-20-21-22-23-24-25-26-29-32-30-27-28-31-33(32)37(34,35)36;/h2*27-28,30-31H,2-26,29H2,1H3,(H,34,35,36);/q;;+2/p-2. The number of benzene rings is 2. The van der Waals surface area contributed by atoms with Crippen molar-refractivity contribution in [3.8, 4) is 0 Å². The normalized spacial score (nSPS) is 11.7. The van der Waals surface area contributed by atoms with Gasteiger partial charge in [-0.2, -0.15) is 0 Å². The number of hydrogen-bond donors (Lipinski definition) is 0. The van der Waals surface area contributed by atoms with E-state index in [1.54, 1.807) is 24.3 Å². The summed E-state index contributed by atoms with van der Waals surface area (Å²) in [6, 6.07) is 13.3. The van der Waals surface area contributed by atoms with Crippen molar-refractivity contribution in [1.82, 2.24) is 0 Å². The second-order valence-corrected chi connectivity index (χ2v) is 25.3. The van der Waals surface area contributed by atoms with Crippen LogP contribution in [0.4, 0.5) is 0 Å². The summed E-state index contributed by atoms with van der Waals surface area (Å²) in [7, 11) is -8.73. The molecule has 0 unspecified atom stereocenters. The molecule has 0 radical (unpaired) electrons. The Morgan fingerprint density at radius 1 is 0.253 bits per heavy atom. The molecule has 2 rings (SSSR count). The second-order valence-electron chi connectivity index (χ2n) is 22.6. The zero-order valence-electron chi connectivity index (χ0n) is 49.4. The fourth-order valence-electron chi connectivity index (χ4n) is 10.8. The van der Waals surface area contributed by atoms with E-state index in [2.05, 4.69) is 13.8 Å². The molecule has 432 valence electrons. The van der Waals surface area contributed by atoms with Crippen molar-refractivity contribution >= 4 is 58.0 Å². The van der Waals surface area contributed by atoms with E-state index in [4.69, 9.17) is 0 Å². The number of aryl methyl sites for hydroxylation is 2. The largest absolute Gasteiger partial charge is 2.00 e. The SMILES string of the molecule is CCCCCCCCCCCCCCCCCCCCCCCCCCCc1ccccc1S(=O)(=O)[O-].CCCCCCCCCCCCCCCCCCCCCCCCCCCc1ccccc1S(=O)(=O)[O-].[Ca+2]. The molecule has 2 aromatic rings. The minimum absolute atomic E-state index is 0. The fraction of sp³-hybridized carbons (Fsp3) is 0.818. The molecule has 9 heteroatoms. The van der Waals surface area contributed by atoms with Gasteiger partial charge in [0.25, 0.3) is 0 Å². The smallest absolute Gasteiger partial charge is 0.744 e. The Labute approximate surface area is 497 Å². The van der Waals surface area contributed by atoms with Crippen molar-refractivity contribution in [2.24, 2.45) is 0 Å². The van der Waals surface area contributed by atoms with Crippen LogP contribution in [0.2, 0.25) is 0 Å². The maximum absolute atomic E-state index is 11.3. The van der Waals surface area contributed by atoms with Crippen LogP contribution in [0.1, 0.15) is 346 Å². The predicted molar refractivity (Wildman–Crippen MR) is 324 cm³/mol. The molecule has 0 saturated heterocycles. The van der Waals surface area contributed by atoms with Crippen molar-refractivity contribution in [2.75, 3.05) is 0 Å². The molecular formula is C66H118CaO6S2. The van der Waals surface area contributed by atoms with Gasteiger partial charge >= 0.3 is 37.7 Å². The van der Waals surface area contributed by atoms with Gasteiger partial charge in [-0.15, -0.1) is 0 Å². The molecule has 0 aliphatic carbocycles. The minimum Gasteiger partial charge on any atom is -0.744 e. The molecule has 0 aliphatic heterocycles. The summed E-state index contributed by atoms with van der Waals surface area (Å²) >= 11 is 0. The van der Waals surface area contributed by atoms with E-state index >= 15 is 0 Å². The Hall–Kier alpha value is -0.480. The van der Waals surface area contributed by atoms with Gasteiger partial charge in [0.2, 0.25) is 0 Å². The van der Waals surface area contributed by atoms with Gasteiger partial charge in [-0.1, -0.05) is 358 Å². The van der Waals surface area contributed by atoms with Crippen LogP contribution in [0.15, 0.2) is 58.3 Å². The van der Waals surface area contributed by atoms with Crippen LogP contribution in [-0.4, -0.2) is 63.7 Å². The molecule has 0 atom stereocenters. The van der Waals surface area contributed by atoms with E-state index in [9.17, 15) is 25.9 Å². The monoisotopic (exact) mass is 1110 g/mol. The molecule has 75 heavy (non-hydrogen) atoms. The zero-order valence-corrected chi connectivity index (χ0v) is 53.2. The number of rotatable bonds is 54. The average molecular weight is 1110 g/mol. The number of hydrogen-bond acceptors (Lipinski definition) is 6. The Kier molecular flexibility index (Phi) is 55.1. The molecule has 0 aromatic heterocycles. The van der Waals surface area contributed by atoms with E-state index in [0.717, 1.165) is 25.7 Å². The molecule has 0 aliphatic rings. The zero-order chi connectivity index (χ0) is 53.7. The Morgan fingerprint density at radius 3 is 0.560 bits per heavy atom. The Balaban J connectivity index is 0.00000144. The first-order valence-corrected chi connectivity index (χ1v) is 35.0. The van der Waals surface area contributed by atoms with Crippen molar-refractivity contribution < 1.29 is 25.9 Å². The molecular weight excluding hydrogens is 993 g/mol. The molecule has 0 spiro atoms. The summed E-state index contributed by atoms with van der Waals surface area (Å²) in [6.45, 7) is 4.58. The molecule has 0 amide bonds. The third kappa shape index (κ3) is 49.1. The summed E-state index contributed by atoms with van der Waals surface area (Å²) in [4.78, 5) is -0.0845. The molecule has 6 nitrogen and oxygen atoms in total. The van der Waals surface area contributed by atoms with Crippen molar-refractivity contribution in [2.45, 2.75) is 358 Å². The first-order valence-electron chi connectivity index (χ1n) is 32.2. The van der Waals surface area contributed by atoms with Gasteiger partial charge in [0.1, 0.15) is 20.2 Å². The summed E-state index contributed by atoms with van der Waals surface area (Å²) in [5.41, 5.74) is 1.35. The van der Waals surface area contributed by atoms with Crippen LogP contribution in [0, 0.1) is 0 Å². The molecule has 2 aromatic carbocycles. The third-order valence-corrected chi connectivity index (χ3v) is 17.5. The maximum Gasteiger partial charge on any atom is 2.00 e. The molecule has 0 heterocycles. The summed E-state index contributed by atoms with van der Waals surface area (Å²) in [5, 5.41) is 0.